The SMILES string of the molecule is Cl.Cl.NC(C(=O)N1CCn2c(nnc2-c2ccccc2)C1)C1CCOCC1. The Labute approximate surface area is 171 Å². The van der Waals surface area contributed by atoms with E-state index in [1.807, 2.05) is 35.2 Å². The van der Waals surface area contributed by atoms with E-state index in [1.54, 1.807) is 0 Å². The lowest BCUT2D eigenvalue weighted by Gasteiger charge is -2.33. The first-order valence-electron chi connectivity index (χ1n) is 8.83. The second-order valence-corrected chi connectivity index (χ2v) is 6.69. The fraction of sp³-hybridized carbons (Fsp3) is 0.500. The standard InChI is InChI=1S/C18H23N5O2.2ClH/c19-16(13-6-10-25-11-7-13)18(24)22-8-9-23-15(12-22)20-21-17(23)14-4-2-1-3-5-14;;/h1-5,13,16H,6-12,19H2;2*1H. The van der Waals surface area contributed by atoms with Crippen LogP contribution >= 0.6 is 24.8 Å². The summed E-state index contributed by atoms with van der Waals surface area (Å²) in [5, 5.41) is 8.62. The van der Waals surface area contributed by atoms with Crippen LogP contribution in [0.15, 0.2) is 30.3 Å². The number of carbonyl (C=O) groups excluding carboxylic acids is 1. The molecule has 1 amide bonds. The lowest BCUT2D eigenvalue weighted by molar-refractivity contribution is -0.136. The van der Waals surface area contributed by atoms with Gasteiger partial charge in [-0.3, -0.25) is 4.79 Å². The van der Waals surface area contributed by atoms with Gasteiger partial charge in [0.15, 0.2) is 11.6 Å². The largest absolute Gasteiger partial charge is 0.381 e. The van der Waals surface area contributed by atoms with Gasteiger partial charge in [-0.25, -0.2) is 0 Å². The minimum absolute atomic E-state index is 0. The summed E-state index contributed by atoms with van der Waals surface area (Å²) >= 11 is 0. The number of halogens is 2. The molecule has 3 heterocycles. The third-order valence-corrected chi connectivity index (χ3v) is 5.16. The quantitative estimate of drug-likeness (QED) is 0.829. The summed E-state index contributed by atoms with van der Waals surface area (Å²) in [6.07, 6.45) is 1.71. The number of nitrogens with zero attached hydrogens (tertiary/aromatic N) is 4. The van der Waals surface area contributed by atoms with Crippen molar-refractivity contribution in [3.05, 3.63) is 36.2 Å². The van der Waals surface area contributed by atoms with Crippen LogP contribution in [0.3, 0.4) is 0 Å². The molecule has 1 fully saturated rings. The third kappa shape index (κ3) is 4.43. The number of fused-ring (bicyclic) bond motifs is 1. The summed E-state index contributed by atoms with van der Waals surface area (Å²) in [5.41, 5.74) is 7.29. The van der Waals surface area contributed by atoms with E-state index in [4.69, 9.17) is 10.5 Å². The van der Waals surface area contributed by atoms with E-state index in [9.17, 15) is 4.79 Å². The van der Waals surface area contributed by atoms with Crippen molar-refractivity contribution in [2.45, 2.75) is 32.0 Å². The van der Waals surface area contributed by atoms with Crippen LogP contribution < -0.4 is 5.73 Å². The molecule has 2 aromatic rings. The molecular formula is C18H25Cl2N5O2. The summed E-state index contributed by atoms with van der Waals surface area (Å²) in [6, 6.07) is 9.55. The molecule has 1 aromatic heterocycles. The van der Waals surface area contributed by atoms with Crippen molar-refractivity contribution in [3.8, 4) is 11.4 Å². The Balaban J connectivity index is 0.00000131. The van der Waals surface area contributed by atoms with Crippen molar-refractivity contribution < 1.29 is 9.53 Å². The lowest BCUT2D eigenvalue weighted by atomic mass is 9.91. The minimum atomic E-state index is -0.452. The van der Waals surface area contributed by atoms with Gasteiger partial charge in [0.1, 0.15) is 0 Å². The van der Waals surface area contributed by atoms with Crippen molar-refractivity contribution >= 4 is 30.7 Å². The molecule has 0 spiro atoms. The first-order chi connectivity index (χ1) is 12.2. The number of hydrogen-bond acceptors (Lipinski definition) is 5. The first kappa shape index (κ1) is 21.6. The van der Waals surface area contributed by atoms with Gasteiger partial charge in [0.05, 0.1) is 12.6 Å². The van der Waals surface area contributed by atoms with E-state index >= 15 is 0 Å². The second-order valence-electron chi connectivity index (χ2n) is 6.69. The van der Waals surface area contributed by atoms with Gasteiger partial charge in [0.25, 0.3) is 0 Å². The van der Waals surface area contributed by atoms with Crippen LogP contribution in [0.5, 0.6) is 0 Å². The fourth-order valence-corrected chi connectivity index (χ4v) is 3.63. The Morgan fingerprint density at radius 2 is 1.81 bits per heavy atom. The van der Waals surface area contributed by atoms with Crippen LogP contribution in [0.25, 0.3) is 11.4 Å². The lowest BCUT2D eigenvalue weighted by Crippen LogP contribution is -2.51. The molecular weight excluding hydrogens is 389 g/mol. The predicted octanol–water partition coefficient (Wildman–Crippen LogP) is 1.88. The van der Waals surface area contributed by atoms with Crippen molar-refractivity contribution in [2.24, 2.45) is 11.7 Å². The van der Waals surface area contributed by atoms with E-state index in [0.717, 1.165) is 30.1 Å². The molecule has 1 saturated heterocycles. The Morgan fingerprint density at radius 3 is 2.52 bits per heavy atom. The summed E-state index contributed by atoms with van der Waals surface area (Å²) < 4.78 is 7.46. The maximum atomic E-state index is 12.8. The van der Waals surface area contributed by atoms with Crippen LogP contribution in [0.4, 0.5) is 0 Å². The highest BCUT2D eigenvalue weighted by Crippen LogP contribution is 2.23. The Hall–Kier alpha value is -1.67. The molecule has 1 atom stereocenters. The van der Waals surface area contributed by atoms with E-state index in [1.165, 1.54) is 0 Å². The minimum Gasteiger partial charge on any atom is -0.381 e. The van der Waals surface area contributed by atoms with Crippen LogP contribution in [0, 0.1) is 5.92 Å². The van der Waals surface area contributed by atoms with Gasteiger partial charge in [-0.15, -0.1) is 35.0 Å². The summed E-state index contributed by atoms with van der Waals surface area (Å²) in [7, 11) is 0. The highest BCUT2D eigenvalue weighted by atomic mass is 35.5. The van der Waals surface area contributed by atoms with Gasteiger partial charge in [0.2, 0.25) is 5.91 Å². The van der Waals surface area contributed by atoms with Gasteiger partial charge < -0.3 is 19.9 Å². The fourth-order valence-electron chi connectivity index (χ4n) is 3.63. The molecule has 7 nitrogen and oxygen atoms in total. The summed E-state index contributed by atoms with van der Waals surface area (Å²) in [4.78, 5) is 14.6. The van der Waals surface area contributed by atoms with Crippen molar-refractivity contribution in [2.75, 3.05) is 19.8 Å². The topological polar surface area (TPSA) is 86.3 Å². The zero-order valence-electron chi connectivity index (χ0n) is 15.0. The molecule has 0 bridgehead atoms. The van der Waals surface area contributed by atoms with Gasteiger partial charge in [-0.05, 0) is 18.8 Å². The molecule has 2 aliphatic rings. The first-order valence-corrected chi connectivity index (χ1v) is 8.83. The summed E-state index contributed by atoms with van der Waals surface area (Å²) in [6.45, 7) is 3.19. The zero-order chi connectivity index (χ0) is 17.2. The highest BCUT2D eigenvalue weighted by molar-refractivity contribution is 5.85. The van der Waals surface area contributed by atoms with E-state index in [2.05, 4.69) is 14.8 Å². The molecule has 2 aliphatic heterocycles. The summed E-state index contributed by atoms with van der Waals surface area (Å²) in [5.74, 6) is 1.90. The van der Waals surface area contributed by atoms with Crippen LogP contribution in [-0.4, -0.2) is 51.4 Å². The van der Waals surface area contributed by atoms with Gasteiger partial charge in [0, 0.05) is 31.9 Å². The van der Waals surface area contributed by atoms with Crippen molar-refractivity contribution in [1.29, 1.82) is 0 Å². The maximum absolute atomic E-state index is 12.8. The number of aromatic nitrogens is 3. The van der Waals surface area contributed by atoms with Crippen molar-refractivity contribution in [1.82, 2.24) is 19.7 Å². The molecule has 2 N–H and O–H groups in total. The Morgan fingerprint density at radius 1 is 1.11 bits per heavy atom. The molecule has 1 unspecified atom stereocenters. The van der Waals surface area contributed by atoms with Gasteiger partial charge in [-0.1, -0.05) is 30.3 Å². The molecule has 27 heavy (non-hydrogen) atoms. The average Bonchev–Trinajstić information content (AvgIpc) is 3.11. The number of carbonyl (C=O) groups is 1. The monoisotopic (exact) mass is 413 g/mol. The highest BCUT2D eigenvalue weighted by Gasteiger charge is 2.32. The Bertz CT molecular complexity index is 749. The zero-order valence-corrected chi connectivity index (χ0v) is 16.6. The van der Waals surface area contributed by atoms with E-state index < -0.39 is 6.04 Å². The normalized spacial score (nSPS) is 18.0. The number of amides is 1. The molecule has 1 aromatic carbocycles. The smallest absolute Gasteiger partial charge is 0.240 e. The maximum Gasteiger partial charge on any atom is 0.240 e. The third-order valence-electron chi connectivity index (χ3n) is 5.16. The van der Waals surface area contributed by atoms with Crippen LogP contribution in [-0.2, 0) is 22.6 Å². The molecule has 0 aliphatic carbocycles. The van der Waals surface area contributed by atoms with Crippen molar-refractivity contribution in [3.63, 3.8) is 0 Å². The van der Waals surface area contributed by atoms with Gasteiger partial charge >= 0.3 is 0 Å². The predicted molar refractivity (Wildman–Crippen MR) is 107 cm³/mol. The number of hydrogen-bond donors (Lipinski definition) is 1. The number of nitrogens with two attached hydrogens (primary N) is 1. The van der Waals surface area contributed by atoms with E-state index in [-0.39, 0.29) is 36.6 Å². The Kier molecular flexibility index (Phi) is 7.61. The average molecular weight is 414 g/mol. The van der Waals surface area contributed by atoms with Crippen LogP contribution in [0.1, 0.15) is 18.7 Å². The second kappa shape index (κ2) is 9.50. The molecule has 148 valence electrons. The molecule has 0 saturated carbocycles. The van der Waals surface area contributed by atoms with Crippen LogP contribution in [0.2, 0.25) is 0 Å². The molecule has 0 radical (unpaired) electrons. The number of benzene rings is 1. The molecule has 9 heteroatoms. The molecule has 4 rings (SSSR count). The van der Waals surface area contributed by atoms with Gasteiger partial charge in [-0.2, -0.15) is 0 Å². The number of rotatable bonds is 3. The van der Waals surface area contributed by atoms with E-state index in [0.29, 0.717) is 32.8 Å². The number of ether oxygens (including phenoxy) is 1.